The minimum absolute atomic E-state index is 0.206. The number of pyridine rings is 1. The van der Waals surface area contributed by atoms with E-state index in [0.717, 1.165) is 5.69 Å². The molecule has 1 aromatic carbocycles. The molecule has 2 heterocycles. The Morgan fingerprint density at radius 3 is 3.00 bits per heavy atom. The number of nitrogens with zero attached hydrogens (tertiary/aromatic N) is 2. The molecule has 3 aromatic rings. The molecule has 6 heteroatoms. The zero-order valence-electron chi connectivity index (χ0n) is 11.1. The molecular formula is C15H13FN4O. The number of carbonyl (C=O) groups is 1. The van der Waals surface area contributed by atoms with Crippen molar-refractivity contribution in [3.05, 3.63) is 60.1 Å². The number of imidazole rings is 1. The van der Waals surface area contributed by atoms with Crippen LogP contribution in [-0.4, -0.2) is 27.4 Å². The highest BCUT2D eigenvalue weighted by molar-refractivity contribution is 5.94. The maximum atomic E-state index is 13.7. The first-order chi connectivity index (χ1) is 10.2. The number of nitrogens with one attached hydrogen (secondary N) is 2. The maximum absolute atomic E-state index is 13.7. The average molecular weight is 284 g/mol. The van der Waals surface area contributed by atoms with Crippen LogP contribution in [0.2, 0.25) is 0 Å². The van der Waals surface area contributed by atoms with E-state index in [1.54, 1.807) is 36.8 Å². The van der Waals surface area contributed by atoms with Gasteiger partial charge >= 0.3 is 0 Å². The summed E-state index contributed by atoms with van der Waals surface area (Å²) in [6.45, 7) is 0.456. The molecule has 0 aliphatic heterocycles. The number of hydrogen-bond donors (Lipinski definition) is 2. The molecule has 0 bridgehead atoms. The predicted octanol–water partition coefficient (Wildman–Crippen LogP) is 2.07. The zero-order chi connectivity index (χ0) is 14.7. The SMILES string of the molecule is O=C(NCCc1cnc[nH]1)c1ccc2cccc(F)c2n1. The second-order valence-corrected chi connectivity index (χ2v) is 4.59. The van der Waals surface area contributed by atoms with Crippen molar-refractivity contribution < 1.29 is 9.18 Å². The molecule has 0 spiro atoms. The number of fused-ring (bicyclic) bond motifs is 1. The van der Waals surface area contributed by atoms with E-state index in [9.17, 15) is 9.18 Å². The number of H-pyrrole nitrogens is 1. The Hall–Kier alpha value is -2.76. The third-order valence-electron chi connectivity index (χ3n) is 3.14. The summed E-state index contributed by atoms with van der Waals surface area (Å²) in [5.41, 5.74) is 1.35. The molecule has 1 amide bonds. The number of para-hydroxylation sites is 1. The molecule has 0 aliphatic carbocycles. The van der Waals surface area contributed by atoms with Gasteiger partial charge in [-0.15, -0.1) is 0 Å². The van der Waals surface area contributed by atoms with E-state index in [0.29, 0.717) is 18.4 Å². The van der Waals surface area contributed by atoms with Crippen molar-refractivity contribution in [1.29, 1.82) is 0 Å². The summed E-state index contributed by atoms with van der Waals surface area (Å²) >= 11 is 0. The lowest BCUT2D eigenvalue weighted by atomic mass is 10.2. The van der Waals surface area contributed by atoms with Crippen LogP contribution in [0.25, 0.3) is 10.9 Å². The van der Waals surface area contributed by atoms with Gasteiger partial charge in [0.05, 0.1) is 6.33 Å². The van der Waals surface area contributed by atoms with Gasteiger partial charge < -0.3 is 10.3 Å². The third kappa shape index (κ3) is 2.89. The molecule has 0 fully saturated rings. The molecule has 106 valence electrons. The van der Waals surface area contributed by atoms with E-state index >= 15 is 0 Å². The van der Waals surface area contributed by atoms with Gasteiger partial charge in [0, 0.05) is 30.2 Å². The van der Waals surface area contributed by atoms with Gasteiger partial charge in [0.2, 0.25) is 0 Å². The highest BCUT2D eigenvalue weighted by Crippen LogP contribution is 2.15. The average Bonchev–Trinajstić information content (AvgIpc) is 3.00. The van der Waals surface area contributed by atoms with Crippen molar-refractivity contribution in [2.45, 2.75) is 6.42 Å². The summed E-state index contributed by atoms with van der Waals surface area (Å²) in [5, 5.41) is 3.42. The molecule has 0 saturated heterocycles. The summed E-state index contributed by atoms with van der Waals surface area (Å²) in [7, 11) is 0. The number of benzene rings is 1. The summed E-state index contributed by atoms with van der Waals surface area (Å²) in [6, 6.07) is 7.98. The van der Waals surface area contributed by atoms with Crippen LogP contribution in [0.5, 0.6) is 0 Å². The van der Waals surface area contributed by atoms with Gasteiger partial charge in [-0.2, -0.15) is 0 Å². The topological polar surface area (TPSA) is 70.7 Å². The number of aromatic nitrogens is 3. The fourth-order valence-electron chi connectivity index (χ4n) is 2.06. The van der Waals surface area contributed by atoms with Gasteiger partial charge in [0.15, 0.2) is 0 Å². The van der Waals surface area contributed by atoms with Crippen LogP contribution in [0.15, 0.2) is 42.9 Å². The standard InChI is InChI=1S/C15H13FN4O/c16-12-3-1-2-10-4-5-13(20-14(10)12)15(21)18-7-6-11-8-17-9-19-11/h1-5,8-9H,6-7H2,(H,17,19)(H,18,21). The normalized spacial score (nSPS) is 10.7. The van der Waals surface area contributed by atoms with Crippen LogP contribution in [0, 0.1) is 5.82 Å². The Kier molecular flexibility index (Phi) is 3.59. The molecule has 0 unspecified atom stereocenters. The molecule has 0 saturated carbocycles. The van der Waals surface area contributed by atoms with E-state index in [1.807, 2.05) is 0 Å². The second-order valence-electron chi connectivity index (χ2n) is 4.59. The van der Waals surface area contributed by atoms with Crippen molar-refractivity contribution in [3.63, 3.8) is 0 Å². The van der Waals surface area contributed by atoms with Crippen LogP contribution in [0.4, 0.5) is 4.39 Å². The first-order valence-electron chi connectivity index (χ1n) is 6.55. The summed E-state index contributed by atoms with van der Waals surface area (Å²) in [5.74, 6) is -0.751. The molecule has 2 N–H and O–H groups in total. The molecular weight excluding hydrogens is 271 g/mol. The second kappa shape index (κ2) is 5.70. The lowest BCUT2D eigenvalue weighted by Gasteiger charge is -2.05. The Morgan fingerprint density at radius 1 is 1.29 bits per heavy atom. The third-order valence-corrected chi connectivity index (χ3v) is 3.14. The van der Waals surface area contributed by atoms with Crippen LogP contribution >= 0.6 is 0 Å². The number of halogens is 1. The monoisotopic (exact) mass is 284 g/mol. The molecule has 3 rings (SSSR count). The first-order valence-corrected chi connectivity index (χ1v) is 6.55. The Labute approximate surface area is 120 Å². The highest BCUT2D eigenvalue weighted by atomic mass is 19.1. The van der Waals surface area contributed by atoms with Crippen molar-refractivity contribution in [3.8, 4) is 0 Å². The summed E-state index contributed by atoms with van der Waals surface area (Å²) in [6.07, 6.45) is 3.94. The summed E-state index contributed by atoms with van der Waals surface area (Å²) < 4.78 is 13.7. The minimum atomic E-state index is -0.431. The van der Waals surface area contributed by atoms with Gasteiger partial charge in [-0.25, -0.2) is 14.4 Å². The predicted molar refractivity (Wildman–Crippen MR) is 76.3 cm³/mol. The van der Waals surface area contributed by atoms with Crippen molar-refractivity contribution in [2.75, 3.05) is 6.54 Å². The van der Waals surface area contributed by atoms with Gasteiger partial charge in [0.25, 0.3) is 5.91 Å². The fourth-order valence-corrected chi connectivity index (χ4v) is 2.06. The number of carbonyl (C=O) groups excluding carboxylic acids is 1. The molecule has 21 heavy (non-hydrogen) atoms. The van der Waals surface area contributed by atoms with E-state index < -0.39 is 5.82 Å². The maximum Gasteiger partial charge on any atom is 0.269 e. The molecule has 0 radical (unpaired) electrons. The van der Waals surface area contributed by atoms with E-state index in [1.165, 1.54) is 6.07 Å². The molecule has 0 atom stereocenters. The molecule has 2 aromatic heterocycles. The first kappa shape index (κ1) is 13.2. The van der Waals surface area contributed by atoms with E-state index in [2.05, 4.69) is 20.3 Å². The van der Waals surface area contributed by atoms with Crippen molar-refractivity contribution >= 4 is 16.8 Å². The van der Waals surface area contributed by atoms with E-state index in [4.69, 9.17) is 0 Å². The Morgan fingerprint density at radius 2 is 2.19 bits per heavy atom. The van der Waals surface area contributed by atoms with Gasteiger partial charge in [0.1, 0.15) is 17.0 Å². The molecule has 5 nitrogen and oxygen atoms in total. The number of hydrogen-bond acceptors (Lipinski definition) is 3. The lowest BCUT2D eigenvalue weighted by molar-refractivity contribution is 0.0949. The van der Waals surface area contributed by atoms with Crippen LogP contribution < -0.4 is 5.32 Å². The Bertz CT molecular complexity index is 770. The quantitative estimate of drug-likeness (QED) is 0.770. The molecule has 0 aliphatic rings. The smallest absolute Gasteiger partial charge is 0.269 e. The highest BCUT2D eigenvalue weighted by Gasteiger charge is 2.09. The largest absolute Gasteiger partial charge is 0.350 e. The number of aromatic amines is 1. The van der Waals surface area contributed by atoms with E-state index in [-0.39, 0.29) is 17.1 Å². The minimum Gasteiger partial charge on any atom is -0.350 e. The number of amides is 1. The van der Waals surface area contributed by atoms with Gasteiger partial charge in [-0.3, -0.25) is 4.79 Å². The Balaban J connectivity index is 1.71. The van der Waals surface area contributed by atoms with Crippen molar-refractivity contribution in [2.24, 2.45) is 0 Å². The lowest BCUT2D eigenvalue weighted by Crippen LogP contribution is -2.26. The number of rotatable bonds is 4. The zero-order valence-corrected chi connectivity index (χ0v) is 11.1. The van der Waals surface area contributed by atoms with Crippen LogP contribution in [-0.2, 0) is 6.42 Å². The van der Waals surface area contributed by atoms with Gasteiger partial charge in [-0.05, 0) is 12.1 Å². The van der Waals surface area contributed by atoms with Crippen molar-refractivity contribution in [1.82, 2.24) is 20.3 Å². The van der Waals surface area contributed by atoms with Crippen LogP contribution in [0.3, 0.4) is 0 Å². The summed E-state index contributed by atoms with van der Waals surface area (Å²) in [4.78, 5) is 22.9. The van der Waals surface area contributed by atoms with Gasteiger partial charge in [-0.1, -0.05) is 18.2 Å². The van der Waals surface area contributed by atoms with Crippen LogP contribution in [0.1, 0.15) is 16.2 Å². The fraction of sp³-hybridized carbons (Fsp3) is 0.133.